The van der Waals surface area contributed by atoms with Crippen LogP contribution in [-0.2, 0) is 11.2 Å². The predicted molar refractivity (Wildman–Crippen MR) is 64.6 cm³/mol. The first-order valence-corrected chi connectivity index (χ1v) is 5.80. The summed E-state index contributed by atoms with van der Waals surface area (Å²) in [6.07, 6.45) is 0.269. The van der Waals surface area contributed by atoms with Crippen LogP contribution in [0.1, 0.15) is 12.5 Å². The number of rotatable bonds is 4. The number of methoxy groups -OCH3 is 1. The number of fused-ring (bicyclic) bond motifs is 1. The van der Waals surface area contributed by atoms with Crippen LogP contribution in [0.25, 0.3) is 0 Å². The molecule has 0 aromatic heterocycles. The Balaban J connectivity index is 2.46. The van der Waals surface area contributed by atoms with E-state index in [-0.39, 0.29) is 13.2 Å². The van der Waals surface area contributed by atoms with Crippen LogP contribution in [0.2, 0.25) is 5.02 Å². The van der Waals surface area contributed by atoms with Gasteiger partial charge in [-0.15, -0.1) is 0 Å². The zero-order valence-corrected chi connectivity index (χ0v) is 10.8. The molecule has 1 atom stereocenters. The van der Waals surface area contributed by atoms with Crippen LogP contribution >= 0.6 is 11.6 Å². The van der Waals surface area contributed by atoms with Crippen LogP contribution in [0.3, 0.4) is 0 Å². The van der Waals surface area contributed by atoms with E-state index in [2.05, 4.69) is 0 Å². The summed E-state index contributed by atoms with van der Waals surface area (Å²) >= 11 is 6.07. The molecule has 1 N–H and O–H groups in total. The SMILES string of the molecule is COc1c(Cl)cc2c(c1CC(C)C(=O)O)OCO2. The van der Waals surface area contributed by atoms with E-state index >= 15 is 0 Å². The van der Waals surface area contributed by atoms with E-state index in [1.54, 1.807) is 13.0 Å². The van der Waals surface area contributed by atoms with Crippen molar-refractivity contribution < 1.29 is 24.1 Å². The van der Waals surface area contributed by atoms with Gasteiger partial charge in [-0.2, -0.15) is 0 Å². The third-order valence-electron chi connectivity index (χ3n) is 2.80. The van der Waals surface area contributed by atoms with E-state index < -0.39 is 11.9 Å². The number of benzene rings is 1. The van der Waals surface area contributed by atoms with Crippen LogP contribution in [0, 0.1) is 5.92 Å². The minimum absolute atomic E-state index is 0.104. The first kappa shape index (κ1) is 12.8. The van der Waals surface area contributed by atoms with Gasteiger partial charge in [0, 0.05) is 11.6 Å². The highest BCUT2D eigenvalue weighted by molar-refractivity contribution is 6.32. The van der Waals surface area contributed by atoms with Crippen molar-refractivity contribution in [2.45, 2.75) is 13.3 Å². The van der Waals surface area contributed by atoms with Crippen LogP contribution in [-0.4, -0.2) is 25.0 Å². The maximum absolute atomic E-state index is 10.9. The Morgan fingerprint density at radius 1 is 1.61 bits per heavy atom. The van der Waals surface area contributed by atoms with Crippen molar-refractivity contribution in [2.24, 2.45) is 5.92 Å². The zero-order valence-electron chi connectivity index (χ0n) is 10.0. The van der Waals surface area contributed by atoms with Crippen molar-refractivity contribution in [2.75, 3.05) is 13.9 Å². The largest absolute Gasteiger partial charge is 0.495 e. The van der Waals surface area contributed by atoms with E-state index in [0.717, 1.165) is 0 Å². The Morgan fingerprint density at radius 2 is 2.33 bits per heavy atom. The molecular weight excluding hydrogens is 260 g/mol. The van der Waals surface area contributed by atoms with E-state index in [1.807, 2.05) is 0 Å². The highest BCUT2D eigenvalue weighted by Crippen LogP contribution is 2.46. The van der Waals surface area contributed by atoms with Crippen LogP contribution in [0.15, 0.2) is 6.07 Å². The molecule has 18 heavy (non-hydrogen) atoms. The third-order valence-corrected chi connectivity index (χ3v) is 3.08. The van der Waals surface area contributed by atoms with Crippen LogP contribution in [0.4, 0.5) is 0 Å². The molecule has 0 amide bonds. The van der Waals surface area contributed by atoms with Gasteiger partial charge in [0.1, 0.15) is 5.75 Å². The van der Waals surface area contributed by atoms with Gasteiger partial charge in [0.05, 0.1) is 18.1 Å². The lowest BCUT2D eigenvalue weighted by atomic mass is 9.99. The van der Waals surface area contributed by atoms with Crippen molar-refractivity contribution >= 4 is 17.6 Å². The van der Waals surface area contributed by atoms with Gasteiger partial charge in [-0.05, 0) is 6.42 Å². The first-order valence-electron chi connectivity index (χ1n) is 5.42. The van der Waals surface area contributed by atoms with Gasteiger partial charge in [0.15, 0.2) is 11.5 Å². The summed E-state index contributed by atoms with van der Waals surface area (Å²) < 4.78 is 15.8. The van der Waals surface area contributed by atoms with E-state index in [4.69, 9.17) is 30.9 Å². The first-order chi connectivity index (χ1) is 8.54. The molecular formula is C12H13ClO5. The lowest BCUT2D eigenvalue weighted by Gasteiger charge is -2.14. The predicted octanol–water partition coefficient (Wildman–Crippen LogP) is 2.34. The van der Waals surface area contributed by atoms with Crippen molar-refractivity contribution in [3.8, 4) is 17.2 Å². The third kappa shape index (κ3) is 2.18. The molecule has 0 bridgehead atoms. The average molecular weight is 273 g/mol. The van der Waals surface area contributed by atoms with E-state index in [1.165, 1.54) is 7.11 Å². The second kappa shape index (κ2) is 4.94. The number of carboxylic acid groups (broad SMARTS) is 1. The highest BCUT2D eigenvalue weighted by atomic mass is 35.5. The fourth-order valence-corrected chi connectivity index (χ4v) is 2.15. The summed E-state index contributed by atoms with van der Waals surface area (Å²) in [5.41, 5.74) is 0.632. The Bertz CT molecular complexity index is 482. The van der Waals surface area contributed by atoms with Gasteiger partial charge in [-0.3, -0.25) is 4.79 Å². The molecule has 0 saturated carbocycles. The smallest absolute Gasteiger partial charge is 0.306 e. The molecule has 0 radical (unpaired) electrons. The number of ether oxygens (including phenoxy) is 3. The van der Waals surface area contributed by atoms with Crippen LogP contribution in [0.5, 0.6) is 17.2 Å². The molecule has 5 nitrogen and oxygen atoms in total. The molecule has 6 heteroatoms. The molecule has 98 valence electrons. The standard InChI is InChI=1S/C12H13ClO5/c1-6(12(14)15)3-7-10(16-2)8(13)4-9-11(7)18-5-17-9/h4,6H,3,5H2,1-2H3,(H,14,15). The molecule has 1 aromatic rings. The topological polar surface area (TPSA) is 65.0 Å². The molecule has 0 spiro atoms. The number of halogens is 1. The fourth-order valence-electron chi connectivity index (χ4n) is 1.86. The minimum atomic E-state index is -0.885. The average Bonchev–Trinajstić information content (AvgIpc) is 2.76. The van der Waals surface area contributed by atoms with Crippen molar-refractivity contribution in [3.05, 3.63) is 16.7 Å². The molecule has 2 rings (SSSR count). The minimum Gasteiger partial charge on any atom is -0.495 e. The molecule has 1 aromatic carbocycles. The van der Waals surface area contributed by atoms with E-state index in [0.29, 0.717) is 27.8 Å². The quantitative estimate of drug-likeness (QED) is 0.911. The van der Waals surface area contributed by atoms with E-state index in [9.17, 15) is 4.79 Å². The zero-order chi connectivity index (χ0) is 13.3. The van der Waals surface area contributed by atoms with Crippen molar-refractivity contribution in [3.63, 3.8) is 0 Å². The van der Waals surface area contributed by atoms with Crippen molar-refractivity contribution in [1.29, 1.82) is 0 Å². The molecule has 0 fully saturated rings. The Hall–Kier alpha value is -1.62. The molecule has 0 saturated heterocycles. The Morgan fingerprint density at radius 3 is 2.94 bits per heavy atom. The summed E-state index contributed by atoms with van der Waals surface area (Å²) in [6.45, 7) is 1.72. The van der Waals surface area contributed by atoms with Gasteiger partial charge >= 0.3 is 5.97 Å². The van der Waals surface area contributed by atoms with Gasteiger partial charge in [-0.1, -0.05) is 18.5 Å². The number of carbonyl (C=O) groups is 1. The summed E-state index contributed by atoms with van der Waals surface area (Å²) in [4.78, 5) is 10.9. The lowest BCUT2D eigenvalue weighted by Crippen LogP contribution is -2.13. The number of aliphatic carboxylic acids is 1. The summed E-state index contributed by atoms with van der Waals surface area (Å²) in [6, 6.07) is 1.61. The van der Waals surface area contributed by atoms with Gasteiger partial charge < -0.3 is 19.3 Å². The second-order valence-electron chi connectivity index (χ2n) is 4.05. The molecule has 1 unspecified atom stereocenters. The summed E-state index contributed by atoms with van der Waals surface area (Å²) in [7, 11) is 1.48. The Labute approximate surface area is 109 Å². The Kier molecular flexibility index (Phi) is 3.52. The maximum atomic E-state index is 10.9. The van der Waals surface area contributed by atoms with Crippen LogP contribution < -0.4 is 14.2 Å². The number of carboxylic acids is 1. The van der Waals surface area contributed by atoms with Crippen molar-refractivity contribution in [1.82, 2.24) is 0 Å². The van der Waals surface area contributed by atoms with Gasteiger partial charge in [0.2, 0.25) is 6.79 Å². The number of hydrogen-bond acceptors (Lipinski definition) is 4. The van der Waals surface area contributed by atoms with Gasteiger partial charge in [-0.25, -0.2) is 0 Å². The molecule has 1 aliphatic heterocycles. The number of hydrogen-bond donors (Lipinski definition) is 1. The highest BCUT2D eigenvalue weighted by Gasteiger charge is 2.27. The molecule has 0 aliphatic carbocycles. The molecule has 1 heterocycles. The maximum Gasteiger partial charge on any atom is 0.306 e. The van der Waals surface area contributed by atoms with Gasteiger partial charge in [0.25, 0.3) is 0 Å². The summed E-state index contributed by atoms with van der Waals surface area (Å²) in [5, 5.41) is 9.36. The monoisotopic (exact) mass is 272 g/mol. The lowest BCUT2D eigenvalue weighted by molar-refractivity contribution is -0.141. The molecule has 1 aliphatic rings. The summed E-state index contributed by atoms with van der Waals surface area (Å²) in [5.74, 6) is 0.0297. The normalized spacial score (nSPS) is 14.4. The second-order valence-corrected chi connectivity index (χ2v) is 4.45. The fraction of sp³-hybridized carbons (Fsp3) is 0.417.